The summed E-state index contributed by atoms with van der Waals surface area (Å²) in [6, 6.07) is 8.26. The Morgan fingerprint density at radius 3 is 2.81 bits per heavy atom. The molecular formula is C12H16N2O2. The molecule has 0 atom stereocenters. The molecule has 0 aliphatic carbocycles. The fraction of sp³-hybridized carbons (Fsp3) is 0.417. The first-order valence-electron chi connectivity index (χ1n) is 5.42. The van der Waals surface area contributed by atoms with Crippen LogP contribution >= 0.6 is 0 Å². The predicted molar refractivity (Wildman–Crippen MR) is 62.2 cm³/mol. The van der Waals surface area contributed by atoms with Crippen LogP contribution in [0.3, 0.4) is 0 Å². The molecular weight excluding hydrogens is 204 g/mol. The number of hydrogen-bond donors (Lipinski definition) is 2. The van der Waals surface area contributed by atoms with E-state index >= 15 is 0 Å². The van der Waals surface area contributed by atoms with Gasteiger partial charge in [0.05, 0.1) is 19.3 Å². The molecule has 1 amide bonds. The molecule has 0 unspecified atom stereocenters. The van der Waals surface area contributed by atoms with Crippen LogP contribution in [0, 0.1) is 0 Å². The zero-order chi connectivity index (χ0) is 11.4. The molecule has 86 valence electrons. The number of rotatable bonds is 4. The highest BCUT2D eigenvalue weighted by Gasteiger charge is 2.17. The summed E-state index contributed by atoms with van der Waals surface area (Å²) < 4.78 is 5.09. The van der Waals surface area contributed by atoms with Crippen molar-refractivity contribution in [2.45, 2.75) is 19.5 Å². The van der Waals surface area contributed by atoms with Gasteiger partial charge in [-0.1, -0.05) is 18.2 Å². The lowest BCUT2D eigenvalue weighted by molar-refractivity contribution is -0.114. The maximum atomic E-state index is 11.0. The first-order valence-corrected chi connectivity index (χ1v) is 5.42. The third kappa shape index (κ3) is 2.81. The zero-order valence-electron chi connectivity index (χ0n) is 9.32. The number of anilines is 1. The second-order valence-corrected chi connectivity index (χ2v) is 3.95. The van der Waals surface area contributed by atoms with E-state index in [2.05, 4.69) is 10.6 Å². The van der Waals surface area contributed by atoms with Gasteiger partial charge in [0, 0.05) is 19.2 Å². The highest BCUT2D eigenvalue weighted by Crippen LogP contribution is 2.15. The van der Waals surface area contributed by atoms with E-state index in [9.17, 15) is 4.79 Å². The van der Waals surface area contributed by atoms with Crippen molar-refractivity contribution >= 4 is 11.6 Å². The lowest BCUT2D eigenvalue weighted by Crippen LogP contribution is -2.45. The fourth-order valence-electron chi connectivity index (χ4n) is 1.59. The summed E-state index contributed by atoms with van der Waals surface area (Å²) in [6.07, 6.45) is 0. The third-order valence-electron chi connectivity index (χ3n) is 2.55. The van der Waals surface area contributed by atoms with E-state index in [1.807, 2.05) is 24.3 Å². The van der Waals surface area contributed by atoms with Crippen LogP contribution in [0.15, 0.2) is 24.3 Å². The summed E-state index contributed by atoms with van der Waals surface area (Å²) in [6.45, 7) is 3.83. The first-order chi connectivity index (χ1) is 7.75. The van der Waals surface area contributed by atoms with Crippen molar-refractivity contribution in [3.63, 3.8) is 0 Å². The second kappa shape index (κ2) is 5.09. The smallest absolute Gasteiger partial charge is 0.221 e. The van der Waals surface area contributed by atoms with Gasteiger partial charge in [-0.15, -0.1) is 0 Å². The van der Waals surface area contributed by atoms with Crippen molar-refractivity contribution in [3.8, 4) is 0 Å². The number of carbonyl (C=O) groups is 1. The van der Waals surface area contributed by atoms with Crippen LogP contribution in [-0.4, -0.2) is 25.2 Å². The summed E-state index contributed by atoms with van der Waals surface area (Å²) in [5, 5.41) is 6.20. The lowest BCUT2D eigenvalue weighted by Gasteiger charge is -2.27. The average Bonchev–Trinajstić information content (AvgIpc) is 2.17. The summed E-state index contributed by atoms with van der Waals surface area (Å²) in [5.41, 5.74) is 1.98. The monoisotopic (exact) mass is 220 g/mol. The first kappa shape index (κ1) is 11.1. The van der Waals surface area contributed by atoms with Crippen molar-refractivity contribution < 1.29 is 9.53 Å². The predicted octanol–water partition coefficient (Wildman–Crippen LogP) is 1.13. The van der Waals surface area contributed by atoms with E-state index in [4.69, 9.17) is 4.74 Å². The topological polar surface area (TPSA) is 50.4 Å². The van der Waals surface area contributed by atoms with E-state index in [0.717, 1.165) is 31.0 Å². The Morgan fingerprint density at radius 2 is 2.19 bits per heavy atom. The molecule has 1 aliphatic heterocycles. The van der Waals surface area contributed by atoms with Crippen LogP contribution in [0.2, 0.25) is 0 Å². The highest BCUT2D eigenvalue weighted by atomic mass is 16.5. The molecule has 0 saturated carbocycles. The highest BCUT2D eigenvalue weighted by molar-refractivity contribution is 5.89. The number of benzene rings is 1. The van der Waals surface area contributed by atoms with Crippen molar-refractivity contribution in [1.82, 2.24) is 5.32 Å². The van der Waals surface area contributed by atoms with Gasteiger partial charge in [-0.25, -0.2) is 0 Å². The van der Waals surface area contributed by atoms with Crippen LogP contribution in [0.25, 0.3) is 0 Å². The quantitative estimate of drug-likeness (QED) is 0.799. The van der Waals surface area contributed by atoms with Gasteiger partial charge in [-0.05, 0) is 11.6 Å². The van der Waals surface area contributed by atoms with Gasteiger partial charge < -0.3 is 15.4 Å². The molecule has 1 aromatic carbocycles. The summed E-state index contributed by atoms with van der Waals surface area (Å²) in [5.74, 6) is -0.0422. The molecule has 2 rings (SSSR count). The minimum Gasteiger partial charge on any atom is -0.378 e. The van der Waals surface area contributed by atoms with Crippen LogP contribution in [-0.2, 0) is 16.1 Å². The summed E-state index contributed by atoms with van der Waals surface area (Å²) in [7, 11) is 0. The number of carbonyl (C=O) groups excluding carboxylic acids is 1. The minimum absolute atomic E-state index is 0.0422. The molecule has 1 fully saturated rings. The Bertz CT molecular complexity index is 375. The van der Waals surface area contributed by atoms with Crippen molar-refractivity contribution in [1.29, 1.82) is 0 Å². The van der Waals surface area contributed by atoms with Crippen molar-refractivity contribution in [2.24, 2.45) is 0 Å². The molecule has 2 N–H and O–H groups in total. The van der Waals surface area contributed by atoms with Crippen LogP contribution < -0.4 is 10.6 Å². The standard InChI is InChI=1S/C12H16N2O2/c1-9(15)14-12-5-3-2-4-10(12)6-13-11-7-16-8-11/h2-5,11,13H,6-8H2,1H3,(H,14,15). The number of amides is 1. The van der Waals surface area contributed by atoms with E-state index in [-0.39, 0.29) is 5.91 Å². The number of nitrogens with one attached hydrogen (secondary N) is 2. The third-order valence-corrected chi connectivity index (χ3v) is 2.55. The van der Waals surface area contributed by atoms with Crippen LogP contribution in [0.4, 0.5) is 5.69 Å². The second-order valence-electron chi connectivity index (χ2n) is 3.95. The Hall–Kier alpha value is -1.39. The molecule has 1 heterocycles. The van der Waals surface area contributed by atoms with Gasteiger partial charge in [0.25, 0.3) is 0 Å². The molecule has 1 aromatic rings. The van der Waals surface area contributed by atoms with E-state index in [0.29, 0.717) is 6.04 Å². The lowest BCUT2D eigenvalue weighted by atomic mass is 10.1. The van der Waals surface area contributed by atoms with Crippen LogP contribution in [0.1, 0.15) is 12.5 Å². The van der Waals surface area contributed by atoms with Gasteiger partial charge in [0.1, 0.15) is 0 Å². The molecule has 0 radical (unpaired) electrons. The van der Waals surface area contributed by atoms with Gasteiger partial charge >= 0.3 is 0 Å². The molecule has 0 aromatic heterocycles. The summed E-state index contributed by atoms with van der Waals surface area (Å²) >= 11 is 0. The van der Waals surface area contributed by atoms with E-state index in [1.54, 1.807) is 0 Å². The Kier molecular flexibility index (Phi) is 3.54. The number of ether oxygens (including phenoxy) is 1. The molecule has 0 bridgehead atoms. The Balaban J connectivity index is 1.97. The molecule has 1 aliphatic rings. The van der Waals surface area contributed by atoms with Crippen molar-refractivity contribution in [2.75, 3.05) is 18.5 Å². The average molecular weight is 220 g/mol. The maximum absolute atomic E-state index is 11.0. The SMILES string of the molecule is CC(=O)Nc1ccccc1CNC1COC1. The Labute approximate surface area is 95.0 Å². The number of para-hydroxylation sites is 1. The van der Waals surface area contributed by atoms with Gasteiger partial charge in [0.2, 0.25) is 5.91 Å². The van der Waals surface area contributed by atoms with E-state index in [1.165, 1.54) is 6.92 Å². The summed E-state index contributed by atoms with van der Waals surface area (Å²) in [4.78, 5) is 11.0. The van der Waals surface area contributed by atoms with Crippen molar-refractivity contribution in [3.05, 3.63) is 29.8 Å². The van der Waals surface area contributed by atoms with E-state index < -0.39 is 0 Å². The normalized spacial score (nSPS) is 15.6. The van der Waals surface area contributed by atoms with Gasteiger partial charge in [-0.2, -0.15) is 0 Å². The molecule has 0 spiro atoms. The van der Waals surface area contributed by atoms with Gasteiger partial charge in [-0.3, -0.25) is 4.79 Å². The minimum atomic E-state index is -0.0422. The molecule has 4 nitrogen and oxygen atoms in total. The molecule has 1 saturated heterocycles. The maximum Gasteiger partial charge on any atom is 0.221 e. The van der Waals surface area contributed by atoms with Gasteiger partial charge in [0.15, 0.2) is 0 Å². The number of hydrogen-bond acceptors (Lipinski definition) is 3. The largest absolute Gasteiger partial charge is 0.378 e. The zero-order valence-corrected chi connectivity index (χ0v) is 9.32. The Morgan fingerprint density at radius 1 is 1.44 bits per heavy atom. The fourth-order valence-corrected chi connectivity index (χ4v) is 1.59. The molecule has 4 heteroatoms. The molecule has 16 heavy (non-hydrogen) atoms. The van der Waals surface area contributed by atoms with Crippen LogP contribution in [0.5, 0.6) is 0 Å².